The molecule has 0 N–H and O–H groups in total. The highest BCUT2D eigenvalue weighted by molar-refractivity contribution is 5.88. The van der Waals surface area contributed by atoms with Gasteiger partial charge in [-0.1, -0.05) is 60.7 Å². The van der Waals surface area contributed by atoms with E-state index in [4.69, 9.17) is 14.2 Å². The van der Waals surface area contributed by atoms with Crippen LogP contribution in [0.3, 0.4) is 0 Å². The van der Waals surface area contributed by atoms with Crippen molar-refractivity contribution in [2.75, 3.05) is 20.2 Å². The van der Waals surface area contributed by atoms with Crippen LogP contribution in [0.15, 0.2) is 60.7 Å². The first-order chi connectivity index (χ1) is 16.1. The van der Waals surface area contributed by atoms with E-state index in [2.05, 4.69) is 0 Å². The zero-order valence-electron chi connectivity index (χ0n) is 19.5. The normalized spacial score (nSPS) is 24.8. The molecule has 34 heavy (non-hydrogen) atoms. The summed E-state index contributed by atoms with van der Waals surface area (Å²) in [5.74, 6) is -0.565. The SMILES string of the molecule is COC(=O)OC(C(=O)OC1CC2CCC(C1)[N+]21CCCC1)(c1ccccc1)c1ccccc1.[Cl-]. The molecule has 1 spiro atoms. The zero-order valence-corrected chi connectivity index (χ0v) is 20.3. The van der Waals surface area contributed by atoms with Gasteiger partial charge in [-0.3, -0.25) is 0 Å². The zero-order chi connectivity index (χ0) is 22.9. The number of carbonyl (C=O) groups excluding carboxylic acids is 2. The molecule has 6 nitrogen and oxygen atoms in total. The molecule has 5 rings (SSSR count). The van der Waals surface area contributed by atoms with Crippen LogP contribution in [0.25, 0.3) is 0 Å². The molecule has 3 aliphatic rings. The van der Waals surface area contributed by atoms with E-state index < -0.39 is 17.7 Å². The lowest BCUT2D eigenvalue weighted by Gasteiger charge is -2.47. The smallest absolute Gasteiger partial charge is 0.509 e. The largest absolute Gasteiger partial charge is 1.00 e. The van der Waals surface area contributed by atoms with Crippen molar-refractivity contribution in [2.24, 2.45) is 0 Å². The van der Waals surface area contributed by atoms with Crippen LogP contribution in [-0.4, -0.2) is 55.0 Å². The number of rotatable bonds is 5. The number of ether oxygens (including phenoxy) is 3. The Morgan fingerprint density at radius 2 is 1.35 bits per heavy atom. The topological polar surface area (TPSA) is 61.8 Å². The van der Waals surface area contributed by atoms with E-state index in [0.717, 1.165) is 12.8 Å². The second-order valence-corrected chi connectivity index (χ2v) is 9.61. The first kappa shape index (κ1) is 24.6. The summed E-state index contributed by atoms with van der Waals surface area (Å²) in [5, 5.41) is 0. The predicted molar refractivity (Wildman–Crippen MR) is 122 cm³/mol. The Morgan fingerprint density at radius 1 is 0.853 bits per heavy atom. The van der Waals surface area contributed by atoms with Gasteiger partial charge in [-0.2, -0.15) is 0 Å². The summed E-state index contributed by atoms with van der Waals surface area (Å²) < 4.78 is 18.1. The van der Waals surface area contributed by atoms with Gasteiger partial charge >= 0.3 is 12.1 Å². The molecule has 2 aromatic rings. The Hall–Kier alpha value is -2.57. The Balaban J connectivity index is 0.00000274. The first-order valence-electron chi connectivity index (χ1n) is 12.0. The van der Waals surface area contributed by atoms with Crippen molar-refractivity contribution in [3.63, 3.8) is 0 Å². The van der Waals surface area contributed by atoms with E-state index in [9.17, 15) is 9.59 Å². The van der Waals surface area contributed by atoms with Crippen LogP contribution >= 0.6 is 0 Å². The number of benzene rings is 2. The van der Waals surface area contributed by atoms with Gasteiger partial charge in [0.2, 0.25) is 0 Å². The van der Waals surface area contributed by atoms with Crippen molar-refractivity contribution >= 4 is 12.1 Å². The minimum atomic E-state index is -1.73. The summed E-state index contributed by atoms with van der Waals surface area (Å²) in [5.41, 5.74) is -0.659. The fourth-order valence-corrected chi connectivity index (χ4v) is 6.62. The first-order valence-corrected chi connectivity index (χ1v) is 12.0. The van der Waals surface area contributed by atoms with Crippen LogP contribution in [0, 0.1) is 0 Å². The highest BCUT2D eigenvalue weighted by Crippen LogP contribution is 2.47. The molecule has 7 heteroatoms. The number of halogens is 1. The van der Waals surface area contributed by atoms with Gasteiger partial charge in [-0.05, 0) is 0 Å². The molecule has 2 bridgehead atoms. The van der Waals surface area contributed by atoms with Gasteiger partial charge in [0.25, 0.3) is 5.60 Å². The molecule has 3 fully saturated rings. The lowest BCUT2D eigenvalue weighted by Crippen LogP contribution is -3.00. The second-order valence-electron chi connectivity index (χ2n) is 9.61. The van der Waals surface area contributed by atoms with Crippen molar-refractivity contribution < 1.29 is 40.7 Å². The molecule has 0 aromatic heterocycles. The molecular weight excluding hydrogens is 454 g/mol. The Kier molecular flexibility index (Phi) is 7.20. The van der Waals surface area contributed by atoms with Gasteiger partial charge in [0.15, 0.2) is 0 Å². The number of hydrogen-bond donors (Lipinski definition) is 0. The number of piperidine rings is 1. The molecule has 0 saturated carbocycles. The van der Waals surface area contributed by atoms with E-state index in [1.807, 2.05) is 36.4 Å². The van der Waals surface area contributed by atoms with E-state index in [-0.39, 0.29) is 18.5 Å². The third-order valence-corrected chi connectivity index (χ3v) is 8.08. The summed E-state index contributed by atoms with van der Waals surface area (Å²) in [6.07, 6.45) is 5.67. The van der Waals surface area contributed by atoms with Gasteiger partial charge in [0, 0.05) is 49.7 Å². The summed E-state index contributed by atoms with van der Waals surface area (Å²) in [6.45, 7) is 2.53. The molecule has 0 radical (unpaired) electrons. The molecule has 2 aromatic carbocycles. The molecule has 2 atom stereocenters. The Bertz CT molecular complexity index is 937. The summed E-state index contributed by atoms with van der Waals surface area (Å²) in [6, 6.07) is 19.3. The monoisotopic (exact) mass is 485 g/mol. The Labute approximate surface area is 207 Å². The number of quaternary nitrogens is 1. The average molecular weight is 486 g/mol. The fraction of sp³-hybridized carbons (Fsp3) is 0.481. The van der Waals surface area contributed by atoms with E-state index >= 15 is 0 Å². The molecular formula is C27H32ClNO5. The number of esters is 1. The van der Waals surface area contributed by atoms with E-state index in [1.165, 1.54) is 50.4 Å². The third-order valence-electron chi connectivity index (χ3n) is 8.08. The molecule has 3 saturated heterocycles. The van der Waals surface area contributed by atoms with Crippen molar-refractivity contribution in [2.45, 2.75) is 62.3 Å². The number of hydrogen-bond acceptors (Lipinski definition) is 5. The van der Waals surface area contributed by atoms with Crippen LogP contribution in [0.4, 0.5) is 4.79 Å². The maximum Gasteiger partial charge on any atom is 0.509 e. The molecule has 2 unspecified atom stereocenters. The maximum atomic E-state index is 14.0. The minimum Gasteiger partial charge on any atom is -1.00 e. The Morgan fingerprint density at radius 3 is 1.82 bits per heavy atom. The van der Waals surface area contributed by atoms with E-state index in [1.54, 1.807) is 24.3 Å². The summed E-state index contributed by atoms with van der Waals surface area (Å²) >= 11 is 0. The fourth-order valence-electron chi connectivity index (χ4n) is 6.62. The van der Waals surface area contributed by atoms with Gasteiger partial charge in [-0.25, -0.2) is 9.59 Å². The van der Waals surface area contributed by atoms with Crippen LogP contribution in [0.2, 0.25) is 0 Å². The number of carbonyl (C=O) groups is 2. The third kappa shape index (κ3) is 4.07. The second kappa shape index (κ2) is 9.96. The van der Waals surface area contributed by atoms with E-state index in [0.29, 0.717) is 23.2 Å². The van der Waals surface area contributed by atoms with Crippen LogP contribution in [0.1, 0.15) is 49.7 Å². The quantitative estimate of drug-likeness (QED) is 0.475. The maximum absolute atomic E-state index is 14.0. The number of nitrogens with zero attached hydrogens (tertiary/aromatic N) is 1. The van der Waals surface area contributed by atoms with Gasteiger partial charge in [-0.15, -0.1) is 0 Å². The molecule has 0 amide bonds. The molecule has 3 aliphatic heterocycles. The summed E-state index contributed by atoms with van der Waals surface area (Å²) in [7, 11) is 1.24. The summed E-state index contributed by atoms with van der Waals surface area (Å²) in [4.78, 5) is 26.4. The van der Waals surface area contributed by atoms with Crippen molar-refractivity contribution in [3.05, 3.63) is 71.8 Å². The van der Waals surface area contributed by atoms with Crippen LogP contribution in [0.5, 0.6) is 0 Å². The van der Waals surface area contributed by atoms with Gasteiger partial charge in [0.05, 0.1) is 32.3 Å². The predicted octanol–water partition coefficient (Wildman–Crippen LogP) is 1.56. The molecule has 0 aliphatic carbocycles. The van der Waals surface area contributed by atoms with Crippen molar-refractivity contribution in [1.82, 2.24) is 0 Å². The number of methoxy groups -OCH3 is 1. The minimum absolute atomic E-state index is 0. The van der Waals surface area contributed by atoms with Gasteiger partial charge in [0.1, 0.15) is 6.10 Å². The van der Waals surface area contributed by atoms with Gasteiger partial charge < -0.3 is 31.1 Å². The lowest BCUT2D eigenvalue weighted by molar-refractivity contribution is -0.956. The average Bonchev–Trinajstić information content (AvgIpc) is 3.40. The standard InChI is InChI=1S/C27H32NO5.ClH/c1-31-26(30)33-27(20-10-4-2-5-11-20,21-12-6-3-7-13-21)25(29)32-24-18-22-14-15-23(19-24)28(22)16-8-9-17-28;/h2-7,10-13,22-24H,8-9,14-19H2,1H3;1H/q+1;/p-1. The highest BCUT2D eigenvalue weighted by atomic mass is 35.5. The molecule has 182 valence electrons. The molecule has 3 heterocycles. The van der Waals surface area contributed by atoms with Crippen molar-refractivity contribution in [1.29, 1.82) is 0 Å². The van der Waals surface area contributed by atoms with Crippen LogP contribution in [-0.2, 0) is 24.6 Å². The lowest BCUT2D eigenvalue weighted by atomic mass is 9.85. The highest BCUT2D eigenvalue weighted by Gasteiger charge is 2.57. The van der Waals surface area contributed by atoms with Crippen molar-refractivity contribution in [3.8, 4) is 0 Å². The van der Waals surface area contributed by atoms with Crippen LogP contribution < -0.4 is 12.4 Å².